The number of aromatic amines is 1. The quantitative estimate of drug-likeness (QED) is 0.657. The largest absolute Gasteiger partial charge is 0.465 e. The molecular formula is C22H28N4O4. The van der Waals surface area contributed by atoms with Crippen LogP contribution in [0.5, 0.6) is 0 Å². The highest BCUT2D eigenvalue weighted by atomic mass is 16.5. The second-order valence-electron chi connectivity index (χ2n) is 7.35. The number of rotatable bonds is 5. The number of aryl methyl sites for hydroxylation is 1. The molecule has 30 heavy (non-hydrogen) atoms. The van der Waals surface area contributed by atoms with Crippen LogP contribution in [0, 0.1) is 6.92 Å². The lowest BCUT2D eigenvalue weighted by Gasteiger charge is -2.32. The smallest absolute Gasteiger partial charge is 0.339 e. The summed E-state index contributed by atoms with van der Waals surface area (Å²) in [6.45, 7) is 4.77. The number of amides is 3. The minimum atomic E-state index is -0.447. The topological polar surface area (TPSA) is 104 Å². The third-order valence-corrected chi connectivity index (χ3v) is 5.44. The average molecular weight is 412 g/mol. The van der Waals surface area contributed by atoms with E-state index in [0.717, 1.165) is 5.69 Å². The van der Waals surface area contributed by atoms with Gasteiger partial charge in [0, 0.05) is 30.5 Å². The number of piperidine rings is 1. The number of methoxy groups -OCH3 is 1. The molecule has 0 unspecified atom stereocenters. The molecule has 0 bridgehead atoms. The number of urea groups is 1. The van der Waals surface area contributed by atoms with E-state index in [1.807, 2.05) is 37.3 Å². The zero-order chi connectivity index (χ0) is 21.7. The lowest BCUT2D eigenvalue weighted by molar-refractivity contribution is 0.0599. The van der Waals surface area contributed by atoms with Crippen LogP contribution in [0.2, 0.25) is 0 Å². The Morgan fingerprint density at radius 1 is 1.17 bits per heavy atom. The molecule has 3 amide bonds. The molecule has 1 aromatic heterocycles. The van der Waals surface area contributed by atoms with Crippen LogP contribution in [0.25, 0.3) is 0 Å². The van der Waals surface area contributed by atoms with Crippen LogP contribution in [-0.2, 0) is 11.2 Å². The van der Waals surface area contributed by atoms with E-state index < -0.39 is 5.97 Å². The summed E-state index contributed by atoms with van der Waals surface area (Å²) in [5.41, 5.74) is 2.86. The van der Waals surface area contributed by atoms with E-state index in [0.29, 0.717) is 54.9 Å². The molecule has 3 rings (SSSR count). The molecule has 0 spiro atoms. The molecule has 8 nitrogen and oxygen atoms in total. The Hall–Kier alpha value is -3.29. The first-order chi connectivity index (χ1) is 14.4. The van der Waals surface area contributed by atoms with Crippen LogP contribution in [0.4, 0.5) is 10.5 Å². The van der Waals surface area contributed by atoms with Crippen molar-refractivity contribution in [3.63, 3.8) is 0 Å². The highest BCUT2D eigenvalue weighted by Gasteiger charge is 2.27. The van der Waals surface area contributed by atoms with E-state index in [-0.39, 0.29) is 18.0 Å². The van der Waals surface area contributed by atoms with Crippen LogP contribution < -0.4 is 10.6 Å². The number of carbonyl (C=O) groups is 3. The van der Waals surface area contributed by atoms with Crippen molar-refractivity contribution in [2.75, 3.05) is 25.5 Å². The second kappa shape index (κ2) is 9.47. The summed E-state index contributed by atoms with van der Waals surface area (Å²) in [7, 11) is 1.33. The molecule has 0 atom stereocenters. The third kappa shape index (κ3) is 4.64. The fourth-order valence-corrected chi connectivity index (χ4v) is 3.74. The van der Waals surface area contributed by atoms with Gasteiger partial charge in [-0.05, 0) is 43.9 Å². The number of esters is 1. The summed E-state index contributed by atoms with van der Waals surface area (Å²) in [6, 6.07) is 9.15. The Balaban J connectivity index is 1.57. The van der Waals surface area contributed by atoms with Crippen LogP contribution in [0.15, 0.2) is 30.3 Å². The zero-order valence-electron chi connectivity index (χ0n) is 17.6. The number of likely N-dealkylation sites (tertiary alicyclic amines) is 1. The Morgan fingerprint density at radius 3 is 2.43 bits per heavy atom. The van der Waals surface area contributed by atoms with Crippen LogP contribution in [-0.4, -0.2) is 54.0 Å². The first kappa shape index (κ1) is 21.4. The molecule has 2 heterocycles. The number of aromatic nitrogens is 1. The Bertz CT molecular complexity index is 915. The molecule has 0 saturated carbocycles. The molecule has 1 aromatic carbocycles. The summed E-state index contributed by atoms with van der Waals surface area (Å²) >= 11 is 0. The first-order valence-electron chi connectivity index (χ1n) is 10.2. The number of H-pyrrole nitrogens is 1. The van der Waals surface area contributed by atoms with Gasteiger partial charge >= 0.3 is 12.0 Å². The minimum Gasteiger partial charge on any atom is -0.465 e. The van der Waals surface area contributed by atoms with Crippen molar-refractivity contribution in [3.8, 4) is 0 Å². The third-order valence-electron chi connectivity index (χ3n) is 5.44. The van der Waals surface area contributed by atoms with Crippen molar-refractivity contribution in [1.82, 2.24) is 15.2 Å². The molecule has 8 heteroatoms. The molecule has 0 aliphatic carbocycles. The predicted molar refractivity (Wildman–Crippen MR) is 114 cm³/mol. The van der Waals surface area contributed by atoms with Crippen molar-refractivity contribution in [1.29, 1.82) is 0 Å². The van der Waals surface area contributed by atoms with E-state index in [4.69, 9.17) is 4.74 Å². The summed E-state index contributed by atoms with van der Waals surface area (Å²) in [5.74, 6) is -0.693. The highest BCUT2D eigenvalue weighted by Crippen LogP contribution is 2.21. The number of nitrogens with one attached hydrogen (secondary N) is 3. The summed E-state index contributed by atoms with van der Waals surface area (Å²) in [6.07, 6.45) is 1.92. The van der Waals surface area contributed by atoms with E-state index in [1.165, 1.54) is 7.11 Å². The maximum absolute atomic E-state index is 12.8. The summed E-state index contributed by atoms with van der Waals surface area (Å²) in [5, 5.41) is 5.91. The SMILES string of the molecule is CCc1[nH]c(C(=O)NC2CCN(C(=O)Nc3ccccc3)CC2)c(C)c1C(=O)OC. The van der Waals surface area contributed by atoms with E-state index in [9.17, 15) is 14.4 Å². The van der Waals surface area contributed by atoms with Gasteiger partial charge in [0.2, 0.25) is 0 Å². The molecule has 1 saturated heterocycles. The number of hydrogen-bond acceptors (Lipinski definition) is 4. The molecule has 2 aromatic rings. The minimum absolute atomic E-state index is 0.0346. The first-order valence-corrected chi connectivity index (χ1v) is 10.2. The van der Waals surface area contributed by atoms with Gasteiger partial charge in [-0.1, -0.05) is 25.1 Å². The molecule has 1 fully saturated rings. The van der Waals surface area contributed by atoms with Crippen molar-refractivity contribution in [3.05, 3.63) is 52.8 Å². The number of carbonyl (C=O) groups excluding carboxylic acids is 3. The second-order valence-corrected chi connectivity index (χ2v) is 7.35. The van der Waals surface area contributed by atoms with Gasteiger partial charge in [0.1, 0.15) is 5.69 Å². The van der Waals surface area contributed by atoms with Gasteiger partial charge in [-0.2, -0.15) is 0 Å². The average Bonchev–Trinajstić information content (AvgIpc) is 3.10. The maximum Gasteiger partial charge on any atom is 0.339 e. The van der Waals surface area contributed by atoms with E-state index in [1.54, 1.807) is 11.8 Å². The molecule has 1 aliphatic rings. The van der Waals surface area contributed by atoms with Gasteiger partial charge in [-0.25, -0.2) is 9.59 Å². The number of hydrogen-bond donors (Lipinski definition) is 3. The number of ether oxygens (including phenoxy) is 1. The highest BCUT2D eigenvalue weighted by molar-refractivity contribution is 6.00. The van der Waals surface area contributed by atoms with E-state index >= 15 is 0 Å². The van der Waals surface area contributed by atoms with Gasteiger partial charge in [0.25, 0.3) is 5.91 Å². The fourth-order valence-electron chi connectivity index (χ4n) is 3.74. The van der Waals surface area contributed by atoms with Crippen molar-refractivity contribution in [2.24, 2.45) is 0 Å². The van der Waals surface area contributed by atoms with Crippen molar-refractivity contribution < 1.29 is 19.1 Å². The molecule has 160 valence electrons. The van der Waals surface area contributed by atoms with E-state index in [2.05, 4.69) is 15.6 Å². The summed E-state index contributed by atoms with van der Waals surface area (Å²) in [4.78, 5) is 42.1. The van der Waals surface area contributed by atoms with Gasteiger partial charge in [-0.3, -0.25) is 4.79 Å². The lowest BCUT2D eigenvalue weighted by atomic mass is 10.0. The van der Waals surface area contributed by atoms with Gasteiger partial charge in [0.15, 0.2) is 0 Å². The maximum atomic E-state index is 12.8. The zero-order valence-corrected chi connectivity index (χ0v) is 17.6. The normalized spacial score (nSPS) is 14.3. The van der Waals surface area contributed by atoms with Crippen LogP contribution in [0.1, 0.15) is 51.9 Å². The van der Waals surface area contributed by atoms with Gasteiger partial charge < -0.3 is 25.3 Å². The number of anilines is 1. The molecule has 1 aliphatic heterocycles. The van der Waals surface area contributed by atoms with Crippen molar-refractivity contribution in [2.45, 2.75) is 39.2 Å². The Labute approximate surface area is 176 Å². The Morgan fingerprint density at radius 2 is 1.83 bits per heavy atom. The standard InChI is InChI=1S/C22H28N4O4/c1-4-17-18(21(28)30-3)14(2)19(25-17)20(27)23-16-10-12-26(13-11-16)22(29)24-15-8-6-5-7-9-15/h5-9,16,25H,4,10-13H2,1-3H3,(H,23,27)(H,24,29). The van der Waals surface area contributed by atoms with Gasteiger partial charge in [0.05, 0.1) is 12.7 Å². The van der Waals surface area contributed by atoms with Crippen LogP contribution >= 0.6 is 0 Å². The molecule has 0 radical (unpaired) electrons. The number of nitrogens with zero attached hydrogens (tertiary/aromatic N) is 1. The van der Waals surface area contributed by atoms with Crippen LogP contribution in [0.3, 0.4) is 0 Å². The molecule has 3 N–H and O–H groups in total. The number of para-hydroxylation sites is 1. The molecular weight excluding hydrogens is 384 g/mol. The number of benzene rings is 1. The van der Waals surface area contributed by atoms with Crippen molar-refractivity contribution >= 4 is 23.6 Å². The van der Waals surface area contributed by atoms with Gasteiger partial charge in [-0.15, -0.1) is 0 Å². The lowest BCUT2D eigenvalue weighted by Crippen LogP contribution is -2.47. The Kier molecular flexibility index (Phi) is 6.76. The predicted octanol–water partition coefficient (Wildman–Crippen LogP) is 3.10. The fraction of sp³-hybridized carbons (Fsp3) is 0.409. The summed E-state index contributed by atoms with van der Waals surface area (Å²) < 4.78 is 4.85. The monoisotopic (exact) mass is 412 g/mol.